The molecule has 0 spiro atoms. The largest absolute Gasteiger partial charge is 0.493 e. The van der Waals surface area contributed by atoms with Crippen LogP contribution in [-0.2, 0) is 13.0 Å². The number of fused-ring (bicyclic) bond motifs is 2. The number of amides is 1. The molecule has 3 aromatic rings. The molecule has 0 aliphatic carbocycles. The van der Waals surface area contributed by atoms with Gasteiger partial charge in [-0.05, 0) is 53.3 Å². The van der Waals surface area contributed by atoms with Crippen molar-refractivity contribution in [2.45, 2.75) is 13.0 Å². The molecule has 0 unspecified atom stereocenters. The highest BCUT2D eigenvalue weighted by Crippen LogP contribution is 2.34. The molecule has 0 saturated heterocycles. The molecule has 2 heterocycles. The second kappa shape index (κ2) is 6.61. The van der Waals surface area contributed by atoms with E-state index in [1.54, 1.807) is 20.3 Å². The molecule has 0 radical (unpaired) electrons. The summed E-state index contributed by atoms with van der Waals surface area (Å²) in [6, 6.07) is 10.4. The van der Waals surface area contributed by atoms with E-state index in [2.05, 4.69) is 0 Å². The molecule has 0 N–H and O–H groups in total. The van der Waals surface area contributed by atoms with Crippen molar-refractivity contribution in [1.82, 2.24) is 4.90 Å². The average molecular weight is 371 g/mol. The molecule has 134 valence electrons. The third-order valence-corrected chi connectivity index (χ3v) is 5.78. The summed E-state index contributed by atoms with van der Waals surface area (Å²) in [4.78, 5) is 15.4. The zero-order valence-electron chi connectivity index (χ0n) is 14.5. The van der Waals surface area contributed by atoms with Crippen LogP contribution >= 0.6 is 11.3 Å². The molecule has 0 saturated carbocycles. The number of benzene rings is 2. The molecule has 1 aromatic heterocycles. The van der Waals surface area contributed by atoms with Gasteiger partial charge in [-0.3, -0.25) is 4.79 Å². The van der Waals surface area contributed by atoms with Crippen molar-refractivity contribution >= 4 is 27.3 Å². The lowest BCUT2D eigenvalue weighted by molar-refractivity contribution is 0.0739. The first-order chi connectivity index (χ1) is 12.6. The predicted molar refractivity (Wildman–Crippen MR) is 99.8 cm³/mol. The van der Waals surface area contributed by atoms with Gasteiger partial charge < -0.3 is 14.4 Å². The van der Waals surface area contributed by atoms with Crippen LogP contribution < -0.4 is 9.47 Å². The number of halogens is 1. The minimum Gasteiger partial charge on any atom is -0.493 e. The Hall–Kier alpha value is -2.60. The molecule has 2 aromatic carbocycles. The smallest absolute Gasteiger partial charge is 0.264 e. The topological polar surface area (TPSA) is 38.8 Å². The summed E-state index contributed by atoms with van der Waals surface area (Å²) >= 11 is 1.33. The zero-order chi connectivity index (χ0) is 18.3. The van der Waals surface area contributed by atoms with Crippen LogP contribution in [0.25, 0.3) is 10.1 Å². The second-order valence-corrected chi connectivity index (χ2v) is 7.33. The predicted octanol–water partition coefficient (Wildman–Crippen LogP) is 4.26. The summed E-state index contributed by atoms with van der Waals surface area (Å²) in [5.74, 6) is 1.06. The highest BCUT2D eigenvalue weighted by atomic mass is 32.1. The zero-order valence-corrected chi connectivity index (χ0v) is 15.4. The van der Waals surface area contributed by atoms with Gasteiger partial charge in [-0.2, -0.15) is 0 Å². The van der Waals surface area contributed by atoms with Crippen molar-refractivity contribution in [1.29, 1.82) is 0 Å². The Morgan fingerprint density at radius 1 is 1.08 bits per heavy atom. The Bertz CT molecular complexity index is 998. The van der Waals surface area contributed by atoms with Crippen LogP contribution in [0.15, 0.2) is 36.4 Å². The van der Waals surface area contributed by atoms with E-state index in [4.69, 9.17) is 9.47 Å². The maximum atomic E-state index is 13.4. The fourth-order valence-electron chi connectivity index (χ4n) is 3.32. The normalized spacial score (nSPS) is 13.6. The molecule has 4 rings (SSSR count). The monoisotopic (exact) mass is 371 g/mol. The second-order valence-electron chi connectivity index (χ2n) is 6.25. The van der Waals surface area contributed by atoms with Crippen LogP contribution in [0, 0.1) is 5.82 Å². The molecule has 26 heavy (non-hydrogen) atoms. The van der Waals surface area contributed by atoms with Crippen LogP contribution in [-0.4, -0.2) is 31.6 Å². The number of hydrogen-bond acceptors (Lipinski definition) is 4. The van der Waals surface area contributed by atoms with E-state index in [9.17, 15) is 9.18 Å². The Morgan fingerprint density at radius 3 is 2.54 bits per heavy atom. The summed E-state index contributed by atoms with van der Waals surface area (Å²) in [6.07, 6.45) is 0.765. The number of hydrogen-bond donors (Lipinski definition) is 0. The van der Waals surface area contributed by atoms with Gasteiger partial charge in [0.1, 0.15) is 5.82 Å². The summed E-state index contributed by atoms with van der Waals surface area (Å²) < 4.78 is 24.9. The van der Waals surface area contributed by atoms with Crippen LogP contribution in [0.1, 0.15) is 20.8 Å². The van der Waals surface area contributed by atoms with Gasteiger partial charge in [-0.25, -0.2) is 4.39 Å². The first-order valence-electron chi connectivity index (χ1n) is 8.31. The van der Waals surface area contributed by atoms with Gasteiger partial charge >= 0.3 is 0 Å². The van der Waals surface area contributed by atoms with Gasteiger partial charge in [0.25, 0.3) is 5.91 Å². The van der Waals surface area contributed by atoms with Gasteiger partial charge in [-0.1, -0.05) is 6.07 Å². The molecule has 1 amide bonds. The van der Waals surface area contributed by atoms with Crippen LogP contribution in [0.4, 0.5) is 4.39 Å². The highest BCUT2D eigenvalue weighted by molar-refractivity contribution is 7.20. The summed E-state index contributed by atoms with van der Waals surface area (Å²) in [5, 5.41) is 0.892. The summed E-state index contributed by atoms with van der Waals surface area (Å²) in [7, 11) is 3.22. The van der Waals surface area contributed by atoms with Crippen molar-refractivity contribution in [2.24, 2.45) is 0 Å². The van der Waals surface area contributed by atoms with Gasteiger partial charge in [0, 0.05) is 17.8 Å². The van der Waals surface area contributed by atoms with E-state index in [-0.39, 0.29) is 11.7 Å². The number of rotatable bonds is 3. The maximum Gasteiger partial charge on any atom is 0.264 e. The molecule has 4 nitrogen and oxygen atoms in total. The molecule has 1 aliphatic heterocycles. The quantitative estimate of drug-likeness (QED) is 0.691. The maximum absolute atomic E-state index is 13.4. The third-order valence-electron chi connectivity index (χ3n) is 4.70. The lowest BCUT2D eigenvalue weighted by Crippen LogP contribution is -2.35. The molecule has 0 bridgehead atoms. The van der Waals surface area contributed by atoms with Gasteiger partial charge in [-0.15, -0.1) is 11.3 Å². The fraction of sp³-hybridized carbons (Fsp3) is 0.250. The molecule has 0 fully saturated rings. The van der Waals surface area contributed by atoms with Crippen molar-refractivity contribution < 1.29 is 18.7 Å². The minimum atomic E-state index is -0.286. The van der Waals surface area contributed by atoms with Gasteiger partial charge in [0.05, 0.1) is 19.1 Å². The van der Waals surface area contributed by atoms with Crippen molar-refractivity contribution in [3.63, 3.8) is 0 Å². The van der Waals surface area contributed by atoms with Crippen LogP contribution in [0.5, 0.6) is 11.5 Å². The number of carbonyl (C=O) groups excluding carboxylic acids is 1. The molecular formula is C20H18FNO3S. The average Bonchev–Trinajstić information content (AvgIpc) is 3.08. The Labute approximate surface area is 154 Å². The number of methoxy groups -OCH3 is 2. The van der Waals surface area contributed by atoms with E-state index in [0.717, 1.165) is 22.1 Å². The van der Waals surface area contributed by atoms with E-state index in [1.807, 2.05) is 23.1 Å². The van der Waals surface area contributed by atoms with Crippen LogP contribution in [0.2, 0.25) is 0 Å². The first-order valence-corrected chi connectivity index (χ1v) is 9.13. The minimum absolute atomic E-state index is 0.0213. The van der Waals surface area contributed by atoms with Gasteiger partial charge in [0.15, 0.2) is 11.5 Å². The van der Waals surface area contributed by atoms with E-state index >= 15 is 0 Å². The fourth-order valence-corrected chi connectivity index (χ4v) is 4.38. The molecule has 0 atom stereocenters. The highest BCUT2D eigenvalue weighted by Gasteiger charge is 2.25. The molecular weight excluding hydrogens is 353 g/mol. The lowest BCUT2D eigenvalue weighted by Gasteiger charge is -2.29. The summed E-state index contributed by atoms with van der Waals surface area (Å²) in [5.41, 5.74) is 2.24. The number of nitrogens with zero attached hydrogens (tertiary/aromatic N) is 1. The van der Waals surface area contributed by atoms with Crippen LogP contribution in [0.3, 0.4) is 0 Å². The van der Waals surface area contributed by atoms with E-state index < -0.39 is 0 Å². The van der Waals surface area contributed by atoms with E-state index in [1.165, 1.54) is 29.0 Å². The number of ether oxygens (including phenoxy) is 2. The third kappa shape index (κ3) is 2.90. The lowest BCUT2D eigenvalue weighted by atomic mass is 9.98. The number of thiophene rings is 1. The number of carbonyl (C=O) groups is 1. The van der Waals surface area contributed by atoms with Gasteiger partial charge in [0.2, 0.25) is 0 Å². The Kier molecular flexibility index (Phi) is 4.28. The van der Waals surface area contributed by atoms with Crippen molar-refractivity contribution in [3.8, 4) is 11.5 Å². The SMILES string of the molecule is COc1cc2c(cc1OC)CN(C(=O)c1cc3ccc(F)cc3s1)CC2. The first kappa shape index (κ1) is 16.8. The summed E-state index contributed by atoms with van der Waals surface area (Å²) in [6.45, 7) is 1.17. The standard InChI is InChI=1S/C20H18FNO3S/c1-24-16-7-12-5-6-22(11-14(12)8-17(16)25-2)20(23)19-9-13-3-4-15(21)10-18(13)26-19/h3-4,7-10H,5-6,11H2,1-2H3. The van der Waals surface area contributed by atoms with Crippen molar-refractivity contribution in [3.05, 3.63) is 58.2 Å². The van der Waals surface area contributed by atoms with Crippen molar-refractivity contribution in [2.75, 3.05) is 20.8 Å². The molecule has 6 heteroatoms. The van der Waals surface area contributed by atoms with E-state index in [0.29, 0.717) is 29.5 Å². The Balaban J connectivity index is 1.62. The Morgan fingerprint density at radius 2 is 1.81 bits per heavy atom. The molecule has 1 aliphatic rings.